The first-order valence-electron chi connectivity index (χ1n) is 6.22. The molecule has 0 amide bonds. The van der Waals surface area contributed by atoms with Crippen LogP contribution in [-0.4, -0.2) is 17.0 Å². The van der Waals surface area contributed by atoms with Gasteiger partial charge >= 0.3 is 0 Å². The van der Waals surface area contributed by atoms with Crippen molar-refractivity contribution < 1.29 is 9.66 Å². The molecule has 1 N–H and O–H groups in total. The maximum absolute atomic E-state index is 10.7. The molecule has 7 heteroatoms. The second-order valence-electron chi connectivity index (χ2n) is 4.37. The van der Waals surface area contributed by atoms with Crippen LogP contribution in [-0.2, 0) is 6.61 Å². The van der Waals surface area contributed by atoms with Crippen LogP contribution in [0.5, 0.6) is 5.75 Å². The molecule has 1 aromatic carbocycles. The minimum Gasteiger partial charge on any atom is -0.487 e. The van der Waals surface area contributed by atoms with E-state index in [1.165, 1.54) is 12.1 Å². The highest BCUT2D eigenvalue weighted by Crippen LogP contribution is 2.25. The average molecular weight is 308 g/mol. The van der Waals surface area contributed by atoms with Crippen molar-refractivity contribution in [2.45, 2.75) is 13.5 Å². The number of anilines is 1. The number of hydrogen-bond donors (Lipinski definition) is 1. The first kappa shape index (κ1) is 15.1. The molecule has 0 saturated carbocycles. The number of nitrogens with one attached hydrogen (secondary N) is 1. The standard InChI is InChI=1S/C14H14ClN3O3/c1-9-7-10(18(19)20)3-5-13(9)21-8-12-11(15)4-6-14(16-2)17-12/h3-7H,8H2,1-2H3,(H,16,17). The number of non-ortho nitro benzene ring substituents is 1. The van der Waals surface area contributed by atoms with Crippen LogP contribution >= 0.6 is 11.6 Å². The molecule has 21 heavy (non-hydrogen) atoms. The van der Waals surface area contributed by atoms with Gasteiger partial charge in [0, 0.05) is 19.2 Å². The van der Waals surface area contributed by atoms with Crippen LogP contribution in [0.1, 0.15) is 11.3 Å². The lowest BCUT2D eigenvalue weighted by Crippen LogP contribution is -2.03. The average Bonchev–Trinajstić information content (AvgIpc) is 2.47. The van der Waals surface area contributed by atoms with E-state index < -0.39 is 4.92 Å². The van der Waals surface area contributed by atoms with Gasteiger partial charge in [-0.1, -0.05) is 11.6 Å². The van der Waals surface area contributed by atoms with E-state index in [2.05, 4.69) is 10.3 Å². The van der Waals surface area contributed by atoms with E-state index in [0.717, 1.165) is 0 Å². The van der Waals surface area contributed by atoms with Crippen molar-refractivity contribution >= 4 is 23.1 Å². The zero-order valence-electron chi connectivity index (χ0n) is 11.6. The Morgan fingerprint density at radius 1 is 1.38 bits per heavy atom. The molecule has 0 aliphatic carbocycles. The third kappa shape index (κ3) is 3.61. The quantitative estimate of drug-likeness (QED) is 0.675. The summed E-state index contributed by atoms with van der Waals surface area (Å²) in [5.41, 5.74) is 1.32. The van der Waals surface area contributed by atoms with E-state index in [9.17, 15) is 10.1 Å². The number of pyridine rings is 1. The van der Waals surface area contributed by atoms with Crippen LogP contribution in [0.4, 0.5) is 11.5 Å². The topological polar surface area (TPSA) is 77.3 Å². The lowest BCUT2D eigenvalue weighted by molar-refractivity contribution is -0.384. The Labute approximate surface area is 126 Å². The zero-order valence-corrected chi connectivity index (χ0v) is 12.3. The van der Waals surface area contributed by atoms with Crippen molar-refractivity contribution in [1.29, 1.82) is 0 Å². The zero-order chi connectivity index (χ0) is 15.4. The van der Waals surface area contributed by atoms with Gasteiger partial charge in [0.2, 0.25) is 0 Å². The van der Waals surface area contributed by atoms with Gasteiger partial charge in [-0.3, -0.25) is 10.1 Å². The smallest absolute Gasteiger partial charge is 0.269 e. The molecule has 0 bridgehead atoms. The Balaban J connectivity index is 2.15. The molecule has 0 atom stereocenters. The second kappa shape index (κ2) is 6.41. The molecule has 0 unspecified atom stereocenters. The number of nitro benzene ring substituents is 1. The van der Waals surface area contributed by atoms with Gasteiger partial charge in [0.1, 0.15) is 18.2 Å². The number of aromatic nitrogens is 1. The number of nitro groups is 1. The molecule has 6 nitrogen and oxygen atoms in total. The molecule has 0 radical (unpaired) electrons. The lowest BCUT2D eigenvalue weighted by atomic mass is 10.2. The summed E-state index contributed by atoms with van der Waals surface area (Å²) in [6.07, 6.45) is 0. The number of halogens is 1. The van der Waals surface area contributed by atoms with Gasteiger partial charge in [0.25, 0.3) is 5.69 Å². The van der Waals surface area contributed by atoms with Crippen molar-refractivity contribution in [3.63, 3.8) is 0 Å². The predicted molar refractivity (Wildman–Crippen MR) is 81.0 cm³/mol. The number of ether oxygens (including phenoxy) is 1. The summed E-state index contributed by atoms with van der Waals surface area (Å²) in [4.78, 5) is 14.6. The van der Waals surface area contributed by atoms with Crippen molar-refractivity contribution in [2.75, 3.05) is 12.4 Å². The van der Waals surface area contributed by atoms with Crippen LogP contribution in [0.25, 0.3) is 0 Å². The third-order valence-corrected chi connectivity index (χ3v) is 3.25. The third-order valence-electron chi connectivity index (χ3n) is 2.91. The minimum atomic E-state index is -0.439. The van der Waals surface area contributed by atoms with E-state index in [0.29, 0.717) is 27.8 Å². The van der Waals surface area contributed by atoms with Crippen LogP contribution in [0.2, 0.25) is 5.02 Å². The first-order chi connectivity index (χ1) is 10.0. The molecular weight excluding hydrogens is 294 g/mol. The number of nitrogens with zero attached hydrogens (tertiary/aromatic N) is 2. The molecule has 110 valence electrons. The van der Waals surface area contributed by atoms with Crippen LogP contribution in [0.3, 0.4) is 0 Å². The van der Waals surface area contributed by atoms with Gasteiger partial charge < -0.3 is 10.1 Å². The number of hydrogen-bond acceptors (Lipinski definition) is 5. The van der Waals surface area contributed by atoms with E-state index in [4.69, 9.17) is 16.3 Å². The van der Waals surface area contributed by atoms with Gasteiger partial charge in [-0.2, -0.15) is 0 Å². The summed E-state index contributed by atoms with van der Waals surface area (Å²) >= 11 is 6.07. The van der Waals surface area contributed by atoms with Gasteiger partial charge in [-0.15, -0.1) is 0 Å². The van der Waals surface area contributed by atoms with E-state index >= 15 is 0 Å². The minimum absolute atomic E-state index is 0.0354. The van der Waals surface area contributed by atoms with Crippen molar-refractivity contribution in [2.24, 2.45) is 0 Å². The monoisotopic (exact) mass is 307 g/mol. The Morgan fingerprint density at radius 3 is 2.76 bits per heavy atom. The van der Waals surface area contributed by atoms with Gasteiger partial charge in [-0.25, -0.2) is 4.98 Å². The summed E-state index contributed by atoms with van der Waals surface area (Å²) < 4.78 is 5.64. The van der Waals surface area contributed by atoms with Crippen LogP contribution in [0, 0.1) is 17.0 Å². The molecule has 0 saturated heterocycles. The molecule has 0 aliphatic heterocycles. The Kier molecular flexibility index (Phi) is 4.59. The number of benzene rings is 1. The fraction of sp³-hybridized carbons (Fsp3) is 0.214. The summed E-state index contributed by atoms with van der Waals surface area (Å²) in [5, 5.41) is 14.1. The summed E-state index contributed by atoms with van der Waals surface area (Å²) in [6, 6.07) is 7.95. The largest absolute Gasteiger partial charge is 0.487 e. The van der Waals surface area contributed by atoms with Crippen molar-refractivity contribution in [3.8, 4) is 5.75 Å². The highest BCUT2D eigenvalue weighted by Gasteiger charge is 2.10. The van der Waals surface area contributed by atoms with Crippen LogP contribution < -0.4 is 10.1 Å². The lowest BCUT2D eigenvalue weighted by Gasteiger charge is -2.10. The highest BCUT2D eigenvalue weighted by molar-refractivity contribution is 6.31. The summed E-state index contributed by atoms with van der Waals surface area (Å²) in [5.74, 6) is 1.26. The molecule has 2 rings (SSSR count). The van der Waals surface area contributed by atoms with Crippen molar-refractivity contribution in [3.05, 3.63) is 56.7 Å². The number of rotatable bonds is 5. The second-order valence-corrected chi connectivity index (χ2v) is 4.78. The highest BCUT2D eigenvalue weighted by atomic mass is 35.5. The molecule has 1 aromatic heterocycles. The molecular formula is C14H14ClN3O3. The van der Waals surface area contributed by atoms with Crippen molar-refractivity contribution in [1.82, 2.24) is 4.98 Å². The van der Waals surface area contributed by atoms with Gasteiger partial charge in [0.15, 0.2) is 0 Å². The SMILES string of the molecule is CNc1ccc(Cl)c(COc2ccc([N+](=O)[O-])cc2C)n1. The molecule has 1 heterocycles. The predicted octanol–water partition coefficient (Wildman–Crippen LogP) is 3.57. The Hall–Kier alpha value is -2.34. The van der Waals surface area contributed by atoms with E-state index in [-0.39, 0.29) is 12.3 Å². The normalized spacial score (nSPS) is 10.2. The fourth-order valence-electron chi connectivity index (χ4n) is 1.78. The Bertz CT molecular complexity index is 677. The maximum atomic E-state index is 10.7. The van der Waals surface area contributed by atoms with E-state index in [1.54, 1.807) is 32.2 Å². The van der Waals surface area contributed by atoms with E-state index in [1.807, 2.05) is 0 Å². The fourth-order valence-corrected chi connectivity index (χ4v) is 1.94. The molecule has 2 aromatic rings. The van der Waals surface area contributed by atoms with Gasteiger partial charge in [-0.05, 0) is 30.7 Å². The first-order valence-corrected chi connectivity index (χ1v) is 6.60. The molecule has 0 fully saturated rings. The summed E-state index contributed by atoms with van der Waals surface area (Å²) in [6.45, 7) is 1.94. The number of aryl methyl sites for hydroxylation is 1. The van der Waals surface area contributed by atoms with Gasteiger partial charge in [0.05, 0.1) is 15.6 Å². The Morgan fingerprint density at radius 2 is 2.14 bits per heavy atom. The molecule has 0 spiro atoms. The summed E-state index contributed by atoms with van der Waals surface area (Å²) in [7, 11) is 1.77. The maximum Gasteiger partial charge on any atom is 0.269 e. The molecule has 0 aliphatic rings. The van der Waals surface area contributed by atoms with Crippen LogP contribution in [0.15, 0.2) is 30.3 Å².